The van der Waals surface area contributed by atoms with E-state index in [4.69, 9.17) is 4.74 Å². The molecule has 0 fully saturated rings. The number of aromatic nitrogens is 1. The molecule has 0 aliphatic heterocycles. The van der Waals surface area contributed by atoms with E-state index in [1.165, 1.54) is 38.4 Å². The van der Waals surface area contributed by atoms with Crippen LogP contribution in [0.4, 0.5) is 11.5 Å². The fourth-order valence-corrected chi connectivity index (χ4v) is 3.10. The number of hydrogen-bond donors (Lipinski definition) is 2. The largest absolute Gasteiger partial charge is 0.385 e. The fraction of sp³-hybridized carbons (Fsp3) is 0.333. The molecule has 1 heterocycles. The molecule has 146 valence electrons. The average Bonchev–Trinajstić information content (AvgIpc) is 2.66. The molecule has 0 radical (unpaired) electrons. The van der Waals surface area contributed by atoms with Gasteiger partial charge >= 0.3 is 0 Å². The van der Waals surface area contributed by atoms with Crippen LogP contribution in [0.2, 0.25) is 0 Å². The number of benzene rings is 1. The zero-order valence-electron chi connectivity index (χ0n) is 15.6. The molecular formula is C18H24N4O4S. The third-order valence-corrected chi connectivity index (χ3v) is 5.58. The van der Waals surface area contributed by atoms with Crippen molar-refractivity contribution < 1.29 is 17.9 Å². The Morgan fingerprint density at radius 2 is 1.85 bits per heavy atom. The zero-order valence-corrected chi connectivity index (χ0v) is 16.4. The lowest BCUT2D eigenvalue weighted by Gasteiger charge is -2.11. The van der Waals surface area contributed by atoms with Crippen LogP contribution in [0.5, 0.6) is 0 Å². The molecule has 2 aromatic rings. The van der Waals surface area contributed by atoms with Crippen LogP contribution < -0.4 is 10.6 Å². The minimum atomic E-state index is -3.52. The van der Waals surface area contributed by atoms with Gasteiger partial charge < -0.3 is 15.4 Å². The number of nitrogens with zero attached hydrogens (tertiary/aromatic N) is 2. The highest BCUT2D eigenvalue weighted by atomic mass is 32.2. The van der Waals surface area contributed by atoms with Crippen molar-refractivity contribution in [1.29, 1.82) is 0 Å². The van der Waals surface area contributed by atoms with Crippen LogP contribution in [0.25, 0.3) is 0 Å². The Morgan fingerprint density at radius 1 is 1.15 bits per heavy atom. The van der Waals surface area contributed by atoms with Gasteiger partial charge in [0.15, 0.2) is 0 Å². The van der Waals surface area contributed by atoms with Crippen molar-refractivity contribution in [3.05, 3.63) is 48.2 Å². The number of sulfonamides is 1. The minimum absolute atomic E-state index is 0.131. The molecule has 1 aromatic heterocycles. The monoisotopic (exact) mass is 392 g/mol. The van der Waals surface area contributed by atoms with Gasteiger partial charge in [-0.05, 0) is 42.8 Å². The summed E-state index contributed by atoms with van der Waals surface area (Å²) in [4.78, 5) is 16.6. The first-order valence-electron chi connectivity index (χ1n) is 8.37. The molecule has 2 N–H and O–H groups in total. The highest BCUT2D eigenvalue weighted by Crippen LogP contribution is 2.15. The van der Waals surface area contributed by atoms with E-state index in [1.54, 1.807) is 19.4 Å². The van der Waals surface area contributed by atoms with Crippen molar-refractivity contribution in [3.8, 4) is 0 Å². The summed E-state index contributed by atoms with van der Waals surface area (Å²) in [5.41, 5.74) is 1.19. The number of amides is 1. The summed E-state index contributed by atoms with van der Waals surface area (Å²) >= 11 is 0. The van der Waals surface area contributed by atoms with E-state index in [1.807, 2.05) is 6.07 Å². The Balaban J connectivity index is 1.97. The van der Waals surface area contributed by atoms with Gasteiger partial charge in [0.1, 0.15) is 5.82 Å². The minimum Gasteiger partial charge on any atom is -0.385 e. The van der Waals surface area contributed by atoms with Crippen molar-refractivity contribution in [2.45, 2.75) is 11.3 Å². The first-order chi connectivity index (χ1) is 12.8. The van der Waals surface area contributed by atoms with Crippen molar-refractivity contribution in [2.75, 3.05) is 45.0 Å². The number of rotatable bonds is 9. The second kappa shape index (κ2) is 9.45. The summed E-state index contributed by atoms with van der Waals surface area (Å²) in [5.74, 6) is 0.0459. The lowest BCUT2D eigenvalue weighted by atomic mass is 10.2. The molecule has 1 amide bonds. The van der Waals surface area contributed by atoms with Crippen molar-refractivity contribution in [1.82, 2.24) is 9.29 Å². The Hall–Kier alpha value is -2.49. The molecule has 0 spiro atoms. The molecule has 9 heteroatoms. The van der Waals surface area contributed by atoms with E-state index in [0.717, 1.165) is 23.0 Å². The smallest absolute Gasteiger partial charge is 0.256 e. The van der Waals surface area contributed by atoms with E-state index in [-0.39, 0.29) is 10.8 Å². The van der Waals surface area contributed by atoms with Crippen LogP contribution in [-0.2, 0) is 14.8 Å². The Morgan fingerprint density at radius 3 is 2.41 bits per heavy atom. The van der Waals surface area contributed by atoms with Crippen LogP contribution in [0.15, 0.2) is 47.5 Å². The van der Waals surface area contributed by atoms with E-state index >= 15 is 0 Å². The number of pyridine rings is 1. The topological polar surface area (TPSA) is 101 Å². The van der Waals surface area contributed by atoms with Gasteiger partial charge in [-0.3, -0.25) is 4.79 Å². The van der Waals surface area contributed by atoms with Crippen LogP contribution in [-0.4, -0.2) is 58.0 Å². The summed E-state index contributed by atoms with van der Waals surface area (Å²) in [6.45, 7) is 1.45. The van der Waals surface area contributed by atoms with E-state index in [2.05, 4.69) is 15.6 Å². The van der Waals surface area contributed by atoms with Crippen molar-refractivity contribution >= 4 is 27.4 Å². The predicted molar refractivity (Wildman–Crippen MR) is 104 cm³/mol. The summed E-state index contributed by atoms with van der Waals surface area (Å²) < 4.78 is 30.2. The first kappa shape index (κ1) is 20.8. The van der Waals surface area contributed by atoms with Crippen molar-refractivity contribution in [3.63, 3.8) is 0 Å². The van der Waals surface area contributed by atoms with Gasteiger partial charge in [-0.2, -0.15) is 0 Å². The van der Waals surface area contributed by atoms with E-state index in [9.17, 15) is 13.2 Å². The molecule has 0 atom stereocenters. The normalized spacial score (nSPS) is 11.4. The molecule has 0 unspecified atom stereocenters. The molecule has 0 saturated carbocycles. The van der Waals surface area contributed by atoms with Gasteiger partial charge in [0.2, 0.25) is 10.0 Å². The van der Waals surface area contributed by atoms with Gasteiger partial charge in [0.25, 0.3) is 5.91 Å². The lowest BCUT2D eigenvalue weighted by Crippen LogP contribution is -2.22. The SMILES string of the molecule is COCCCNc1ccc(NC(=O)c2ccc(S(=O)(=O)N(C)C)cc2)nc1. The number of nitrogens with one attached hydrogen (secondary N) is 2. The van der Waals surface area contributed by atoms with Crippen LogP contribution in [0.1, 0.15) is 16.8 Å². The maximum absolute atomic E-state index is 12.3. The van der Waals surface area contributed by atoms with Gasteiger partial charge in [-0.15, -0.1) is 0 Å². The maximum atomic E-state index is 12.3. The summed E-state index contributed by atoms with van der Waals surface area (Å²) in [6, 6.07) is 9.27. The van der Waals surface area contributed by atoms with Crippen LogP contribution in [0, 0.1) is 0 Å². The Labute approximate surface area is 159 Å². The molecule has 0 bridgehead atoms. The number of carbonyl (C=O) groups excluding carboxylic acids is 1. The van der Waals surface area contributed by atoms with Crippen LogP contribution >= 0.6 is 0 Å². The molecule has 0 saturated heterocycles. The molecular weight excluding hydrogens is 368 g/mol. The predicted octanol–water partition coefficient (Wildman–Crippen LogP) is 2.03. The van der Waals surface area contributed by atoms with Gasteiger partial charge in [0.05, 0.1) is 16.8 Å². The summed E-state index contributed by atoms with van der Waals surface area (Å²) in [6.07, 6.45) is 2.52. The van der Waals surface area contributed by atoms with E-state index < -0.39 is 10.0 Å². The van der Waals surface area contributed by atoms with Gasteiger partial charge in [0, 0.05) is 39.9 Å². The number of anilines is 2. The lowest BCUT2D eigenvalue weighted by molar-refractivity contribution is 0.102. The molecule has 0 aliphatic rings. The van der Waals surface area contributed by atoms with Gasteiger partial charge in [-0.1, -0.05) is 0 Å². The van der Waals surface area contributed by atoms with Crippen LogP contribution in [0.3, 0.4) is 0 Å². The number of hydrogen-bond acceptors (Lipinski definition) is 6. The summed E-state index contributed by atoms with van der Waals surface area (Å²) in [5, 5.41) is 5.89. The fourth-order valence-electron chi connectivity index (χ4n) is 2.20. The maximum Gasteiger partial charge on any atom is 0.256 e. The highest BCUT2D eigenvalue weighted by Gasteiger charge is 2.17. The second-order valence-electron chi connectivity index (χ2n) is 5.97. The molecule has 2 rings (SSSR count). The molecule has 27 heavy (non-hydrogen) atoms. The van der Waals surface area contributed by atoms with E-state index in [0.29, 0.717) is 18.0 Å². The van der Waals surface area contributed by atoms with Gasteiger partial charge in [-0.25, -0.2) is 17.7 Å². The number of ether oxygens (including phenoxy) is 1. The molecule has 0 aliphatic carbocycles. The summed E-state index contributed by atoms with van der Waals surface area (Å²) in [7, 11) is 1.05. The second-order valence-corrected chi connectivity index (χ2v) is 8.12. The zero-order chi connectivity index (χ0) is 19.9. The Kier molecular flexibility index (Phi) is 7.28. The van der Waals surface area contributed by atoms with Crippen molar-refractivity contribution in [2.24, 2.45) is 0 Å². The third-order valence-electron chi connectivity index (χ3n) is 3.75. The molecule has 8 nitrogen and oxygen atoms in total. The quantitative estimate of drug-likeness (QED) is 0.634. The number of methoxy groups -OCH3 is 1. The third kappa shape index (κ3) is 5.75. The number of carbonyl (C=O) groups is 1. The first-order valence-corrected chi connectivity index (χ1v) is 9.81. The standard InChI is InChI=1S/C18H24N4O4S/c1-22(2)27(24,25)16-8-5-14(6-9-16)18(23)21-17-10-7-15(13-20-17)19-11-4-12-26-3/h5-10,13,19H,4,11-12H2,1-3H3,(H,20,21,23). The Bertz CT molecular complexity index is 850. The highest BCUT2D eigenvalue weighted by molar-refractivity contribution is 7.89. The average molecular weight is 392 g/mol. The molecule has 1 aromatic carbocycles.